The van der Waals surface area contributed by atoms with Gasteiger partial charge in [0.05, 0.1) is 6.61 Å². The molecule has 0 fully saturated rings. The Morgan fingerprint density at radius 3 is 2.45 bits per heavy atom. The second-order valence-corrected chi connectivity index (χ2v) is 2.38. The molecule has 0 bridgehead atoms. The van der Waals surface area contributed by atoms with Crippen LogP contribution < -0.4 is 0 Å². The highest BCUT2D eigenvalue weighted by atomic mass is 17.6. The summed E-state index contributed by atoms with van der Waals surface area (Å²) in [6.07, 6.45) is 5.78. The molecule has 11 heavy (non-hydrogen) atoms. The van der Waals surface area contributed by atoms with Gasteiger partial charge in [-0.05, 0) is 16.5 Å². The molecule has 0 aliphatic heterocycles. The molecule has 0 unspecified atom stereocenters. The SMILES string of the molecule is CCCCCCCOOOO. The molecule has 0 saturated carbocycles. The molecular formula is C7H16O4. The van der Waals surface area contributed by atoms with Crippen LogP contribution in [0.15, 0.2) is 0 Å². The largest absolute Gasteiger partial charge is 0.219 e. The van der Waals surface area contributed by atoms with E-state index in [4.69, 9.17) is 5.26 Å². The summed E-state index contributed by atoms with van der Waals surface area (Å²) in [5, 5.41) is 14.7. The molecule has 0 rings (SSSR count). The summed E-state index contributed by atoms with van der Waals surface area (Å²) in [6, 6.07) is 0. The maximum absolute atomic E-state index is 7.66. The Bertz CT molecular complexity index is 59.5. The molecule has 0 spiro atoms. The molecule has 68 valence electrons. The molecule has 0 radical (unpaired) electrons. The molecule has 0 heterocycles. The van der Waals surface area contributed by atoms with E-state index in [0.717, 1.165) is 12.8 Å². The highest BCUT2D eigenvalue weighted by Gasteiger charge is 1.90. The molecule has 0 aromatic rings. The Kier molecular flexibility index (Phi) is 9.70. The predicted molar refractivity (Wildman–Crippen MR) is 39.5 cm³/mol. The van der Waals surface area contributed by atoms with Crippen LogP contribution in [0, 0.1) is 0 Å². The summed E-state index contributed by atoms with van der Waals surface area (Å²) < 4.78 is 0. The van der Waals surface area contributed by atoms with Crippen LogP contribution in [-0.2, 0) is 15.0 Å². The minimum Gasteiger partial charge on any atom is -0.219 e. The van der Waals surface area contributed by atoms with Crippen molar-refractivity contribution < 1.29 is 20.2 Å². The van der Waals surface area contributed by atoms with Gasteiger partial charge in [0, 0.05) is 0 Å². The van der Waals surface area contributed by atoms with E-state index in [1.807, 2.05) is 0 Å². The first-order chi connectivity index (χ1) is 5.41. The predicted octanol–water partition coefficient (Wildman–Crippen LogP) is 2.31. The summed E-state index contributed by atoms with van der Waals surface area (Å²) in [5.41, 5.74) is 0. The zero-order chi connectivity index (χ0) is 8.36. The van der Waals surface area contributed by atoms with E-state index in [0.29, 0.717) is 6.61 Å². The molecule has 4 nitrogen and oxygen atoms in total. The lowest BCUT2D eigenvalue weighted by Gasteiger charge is -1.98. The molecular weight excluding hydrogens is 148 g/mol. The topological polar surface area (TPSA) is 47.9 Å². The first-order valence-corrected chi connectivity index (χ1v) is 4.01. The van der Waals surface area contributed by atoms with E-state index in [-0.39, 0.29) is 0 Å². The Morgan fingerprint density at radius 2 is 1.82 bits per heavy atom. The first-order valence-electron chi connectivity index (χ1n) is 4.01. The second kappa shape index (κ2) is 9.84. The quantitative estimate of drug-likeness (QED) is 0.340. The van der Waals surface area contributed by atoms with E-state index < -0.39 is 0 Å². The molecule has 4 heteroatoms. The van der Waals surface area contributed by atoms with Gasteiger partial charge in [0.1, 0.15) is 0 Å². The number of unbranched alkanes of at least 4 members (excludes halogenated alkanes) is 4. The molecule has 0 aliphatic carbocycles. The fraction of sp³-hybridized carbons (Fsp3) is 1.00. The van der Waals surface area contributed by atoms with E-state index in [1.54, 1.807) is 0 Å². The van der Waals surface area contributed by atoms with Crippen molar-refractivity contribution in [2.75, 3.05) is 6.61 Å². The van der Waals surface area contributed by atoms with E-state index in [2.05, 4.69) is 21.9 Å². The molecule has 0 aliphatic rings. The van der Waals surface area contributed by atoms with E-state index in [1.165, 1.54) is 19.3 Å². The zero-order valence-corrected chi connectivity index (χ0v) is 6.91. The van der Waals surface area contributed by atoms with Gasteiger partial charge in [-0.25, -0.2) is 10.1 Å². The molecule has 0 saturated heterocycles. The Labute approximate surface area is 66.9 Å². The maximum Gasteiger partial charge on any atom is 0.0854 e. The van der Waals surface area contributed by atoms with Crippen LogP contribution in [0.25, 0.3) is 0 Å². The fourth-order valence-electron chi connectivity index (χ4n) is 0.820. The Hall–Kier alpha value is -0.160. The number of hydrogen-bond donors (Lipinski definition) is 1. The van der Waals surface area contributed by atoms with Gasteiger partial charge in [0.2, 0.25) is 0 Å². The molecule has 1 N–H and O–H groups in total. The van der Waals surface area contributed by atoms with Crippen LogP contribution in [0.4, 0.5) is 0 Å². The van der Waals surface area contributed by atoms with E-state index in [9.17, 15) is 0 Å². The van der Waals surface area contributed by atoms with Crippen LogP contribution in [0.2, 0.25) is 0 Å². The third-order valence-corrected chi connectivity index (χ3v) is 1.41. The number of rotatable bonds is 8. The minimum absolute atomic E-state index is 0.463. The fourth-order valence-corrected chi connectivity index (χ4v) is 0.820. The lowest BCUT2D eigenvalue weighted by atomic mass is 10.2. The van der Waals surface area contributed by atoms with Gasteiger partial charge in [-0.2, -0.15) is 0 Å². The van der Waals surface area contributed by atoms with Crippen molar-refractivity contribution in [2.24, 2.45) is 0 Å². The van der Waals surface area contributed by atoms with Crippen molar-refractivity contribution in [1.29, 1.82) is 0 Å². The van der Waals surface area contributed by atoms with Gasteiger partial charge in [0.15, 0.2) is 0 Å². The van der Waals surface area contributed by atoms with Gasteiger partial charge in [0.25, 0.3) is 0 Å². The first kappa shape index (κ1) is 10.8. The van der Waals surface area contributed by atoms with Crippen LogP contribution in [0.5, 0.6) is 0 Å². The third-order valence-electron chi connectivity index (χ3n) is 1.41. The lowest BCUT2D eigenvalue weighted by molar-refractivity contribution is -0.623. The maximum atomic E-state index is 7.66. The molecule has 0 atom stereocenters. The summed E-state index contributed by atoms with van der Waals surface area (Å²) >= 11 is 0. The van der Waals surface area contributed by atoms with Crippen LogP contribution in [0.3, 0.4) is 0 Å². The monoisotopic (exact) mass is 164 g/mol. The normalized spacial score (nSPS) is 10.4. The lowest BCUT2D eigenvalue weighted by Crippen LogP contribution is -1.95. The Morgan fingerprint density at radius 1 is 1.09 bits per heavy atom. The van der Waals surface area contributed by atoms with Crippen LogP contribution in [-0.4, -0.2) is 11.9 Å². The van der Waals surface area contributed by atoms with Gasteiger partial charge < -0.3 is 0 Å². The average molecular weight is 164 g/mol. The minimum atomic E-state index is 0.463. The zero-order valence-electron chi connectivity index (χ0n) is 6.91. The van der Waals surface area contributed by atoms with Gasteiger partial charge in [-0.15, -0.1) is 0 Å². The van der Waals surface area contributed by atoms with Crippen LogP contribution >= 0.6 is 0 Å². The van der Waals surface area contributed by atoms with Crippen molar-refractivity contribution in [3.63, 3.8) is 0 Å². The molecule has 0 aromatic heterocycles. The Balaban J connectivity index is 2.69. The molecule has 0 amide bonds. The summed E-state index contributed by atoms with van der Waals surface area (Å²) in [5.74, 6) is 0. The third kappa shape index (κ3) is 9.84. The standard InChI is InChI=1S/C7H16O4/c1-2-3-4-5-6-7-9-11-10-8/h8H,2-7H2,1H3. The van der Waals surface area contributed by atoms with E-state index >= 15 is 0 Å². The van der Waals surface area contributed by atoms with Crippen molar-refractivity contribution in [2.45, 2.75) is 39.0 Å². The summed E-state index contributed by atoms with van der Waals surface area (Å²) in [6.45, 7) is 2.63. The van der Waals surface area contributed by atoms with Gasteiger partial charge in [-0.1, -0.05) is 32.6 Å². The van der Waals surface area contributed by atoms with Crippen LogP contribution in [0.1, 0.15) is 39.0 Å². The molecule has 0 aromatic carbocycles. The van der Waals surface area contributed by atoms with Crippen molar-refractivity contribution >= 4 is 0 Å². The number of hydrogen-bond acceptors (Lipinski definition) is 4. The van der Waals surface area contributed by atoms with Crippen molar-refractivity contribution in [3.8, 4) is 0 Å². The highest BCUT2D eigenvalue weighted by Crippen LogP contribution is 2.02. The highest BCUT2D eigenvalue weighted by molar-refractivity contribution is 4.39. The summed E-state index contributed by atoms with van der Waals surface area (Å²) in [4.78, 5) is 4.39. The van der Waals surface area contributed by atoms with Crippen molar-refractivity contribution in [3.05, 3.63) is 0 Å². The van der Waals surface area contributed by atoms with Gasteiger partial charge in [-0.3, -0.25) is 0 Å². The van der Waals surface area contributed by atoms with Gasteiger partial charge >= 0.3 is 0 Å². The second-order valence-electron chi connectivity index (χ2n) is 2.38. The smallest absolute Gasteiger partial charge is 0.0854 e. The van der Waals surface area contributed by atoms with Crippen molar-refractivity contribution in [1.82, 2.24) is 0 Å². The summed E-state index contributed by atoms with van der Waals surface area (Å²) in [7, 11) is 0. The average Bonchev–Trinajstić information content (AvgIpc) is 2.03.